The molecule has 35 heavy (non-hydrogen) atoms. The van der Waals surface area contributed by atoms with Gasteiger partial charge in [0.1, 0.15) is 23.9 Å². The number of alkyl carbamates (subject to hydrolysis) is 1. The van der Waals surface area contributed by atoms with Crippen LogP contribution in [0.3, 0.4) is 0 Å². The van der Waals surface area contributed by atoms with E-state index in [2.05, 4.69) is 10.6 Å². The molecule has 2 aromatic rings. The van der Waals surface area contributed by atoms with Crippen molar-refractivity contribution < 1.29 is 23.9 Å². The van der Waals surface area contributed by atoms with Crippen LogP contribution < -0.4 is 15.4 Å². The Morgan fingerprint density at radius 3 is 2.26 bits per heavy atom. The van der Waals surface area contributed by atoms with Crippen molar-refractivity contribution in [1.29, 1.82) is 0 Å². The van der Waals surface area contributed by atoms with Crippen LogP contribution in [-0.4, -0.2) is 48.6 Å². The molecule has 0 saturated carbocycles. The maximum Gasteiger partial charge on any atom is 0.408 e. The third-order valence-corrected chi connectivity index (χ3v) is 5.43. The van der Waals surface area contributed by atoms with E-state index in [4.69, 9.17) is 9.47 Å². The highest BCUT2D eigenvalue weighted by molar-refractivity contribution is 5.98. The number of methoxy groups -OCH3 is 1. The zero-order valence-corrected chi connectivity index (χ0v) is 21.7. The van der Waals surface area contributed by atoms with Gasteiger partial charge in [-0.15, -0.1) is 0 Å². The molecule has 2 N–H and O–H groups in total. The van der Waals surface area contributed by atoms with Gasteiger partial charge in [0.05, 0.1) is 7.11 Å². The van der Waals surface area contributed by atoms with E-state index >= 15 is 0 Å². The number of nitrogens with zero attached hydrogens (tertiary/aromatic N) is 1. The predicted octanol–water partition coefficient (Wildman–Crippen LogP) is 4.76. The summed E-state index contributed by atoms with van der Waals surface area (Å²) in [6.07, 6.45) is -0.0525. The number of aryl methyl sites for hydroxylation is 1. The van der Waals surface area contributed by atoms with Gasteiger partial charge in [-0.25, -0.2) is 4.79 Å². The van der Waals surface area contributed by atoms with E-state index in [0.29, 0.717) is 24.4 Å². The van der Waals surface area contributed by atoms with Crippen molar-refractivity contribution in [2.45, 2.75) is 59.6 Å². The quantitative estimate of drug-likeness (QED) is 0.536. The highest BCUT2D eigenvalue weighted by atomic mass is 16.6. The number of nitrogens with one attached hydrogen (secondary N) is 2. The number of carbonyl (C=O) groups excluding carboxylic acids is 3. The van der Waals surface area contributed by atoms with Crippen molar-refractivity contribution in [3.63, 3.8) is 0 Å². The average molecular weight is 484 g/mol. The third-order valence-electron chi connectivity index (χ3n) is 5.43. The van der Waals surface area contributed by atoms with Crippen molar-refractivity contribution in [3.05, 3.63) is 59.2 Å². The molecule has 0 aromatic heterocycles. The second-order valence-corrected chi connectivity index (χ2v) is 9.35. The number of anilines is 1. The third kappa shape index (κ3) is 8.02. The maximum absolute atomic E-state index is 13.6. The summed E-state index contributed by atoms with van der Waals surface area (Å²) in [6, 6.07) is 11.8. The Hall–Kier alpha value is -3.55. The fourth-order valence-electron chi connectivity index (χ4n) is 3.61. The Morgan fingerprint density at radius 1 is 1.03 bits per heavy atom. The second kappa shape index (κ2) is 12.2. The normalized spacial score (nSPS) is 11.9. The summed E-state index contributed by atoms with van der Waals surface area (Å²) in [5, 5.41) is 5.44. The lowest BCUT2D eigenvalue weighted by molar-refractivity contribution is -0.138. The summed E-state index contributed by atoms with van der Waals surface area (Å²) < 4.78 is 10.4. The number of carbonyl (C=O) groups is 3. The largest absolute Gasteiger partial charge is 0.497 e. The van der Waals surface area contributed by atoms with Gasteiger partial charge in [-0.3, -0.25) is 9.59 Å². The lowest BCUT2D eigenvalue weighted by Crippen LogP contribution is -2.47. The number of ether oxygens (including phenoxy) is 2. The van der Waals surface area contributed by atoms with E-state index in [0.717, 1.165) is 16.7 Å². The summed E-state index contributed by atoms with van der Waals surface area (Å²) in [5.74, 6) is -0.0542. The van der Waals surface area contributed by atoms with Gasteiger partial charge in [0.15, 0.2) is 0 Å². The first-order chi connectivity index (χ1) is 16.5. The van der Waals surface area contributed by atoms with Crippen LogP contribution in [0.25, 0.3) is 0 Å². The van der Waals surface area contributed by atoms with Crippen LogP contribution in [0.15, 0.2) is 42.5 Å². The first kappa shape index (κ1) is 27.7. The predicted molar refractivity (Wildman–Crippen MR) is 137 cm³/mol. The van der Waals surface area contributed by atoms with Crippen molar-refractivity contribution in [2.24, 2.45) is 0 Å². The van der Waals surface area contributed by atoms with Gasteiger partial charge >= 0.3 is 6.09 Å². The number of hydrogen-bond acceptors (Lipinski definition) is 5. The minimum Gasteiger partial charge on any atom is -0.497 e. The molecule has 0 radical (unpaired) electrons. The molecule has 0 saturated heterocycles. The van der Waals surface area contributed by atoms with E-state index in [9.17, 15) is 14.4 Å². The molecule has 8 nitrogen and oxygen atoms in total. The summed E-state index contributed by atoms with van der Waals surface area (Å²) in [5.41, 5.74) is 2.57. The van der Waals surface area contributed by atoms with E-state index in [1.54, 1.807) is 52.1 Å². The highest BCUT2D eigenvalue weighted by Crippen LogP contribution is 2.28. The fourth-order valence-corrected chi connectivity index (χ4v) is 3.61. The molecule has 1 atom stereocenters. The number of hydrogen-bond donors (Lipinski definition) is 2. The smallest absolute Gasteiger partial charge is 0.408 e. The molecule has 2 rings (SSSR count). The lowest BCUT2D eigenvalue weighted by atomic mass is 9.95. The molecule has 0 fully saturated rings. The van der Waals surface area contributed by atoms with Crippen LogP contribution in [0.5, 0.6) is 5.75 Å². The van der Waals surface area contributed by atoms with Crippen LogP contribution in [0.2, 0.25) is 0 Å². The second-order valence-electron chi connectivity index (χ2n) is 9.35. The average Bonchev–Trinajstić information content (AvgIpc) is 2.79. The minimum atomic E-state index is -0.884. The molecule has 0 spiro atoms. The van der Waals surface area contributed by atoms with Crippen molar-refractivity contribution in [3.8, 4) is 5.75 Å². The summed E-state index contributed by atoms with van der Waals surface area (Å²) in [4.78, 5) is 40.6. The molecule has 0 heterocycles. The van der Waals surface area contributed by atoms with Gasteiger partial charge in [0.2, 0.25) is 5.91 Å². The Balaban J connectivity index is 2.37. The number of rotatable bonds is 9. The summed E-state index contributed by atoms with van der Waals surface area (Å²) in [6.45, 7) is 11.1. The van der Waals surface area contributed by atoms with Crippen LogP contribution in [0, 0.1) is 13.8 Å². The van der Waals surface area contributed by atoms with E-state index in [1.807, 2.05) is 39.0 Å². The Kier molecular flexibility index (Phi) is 9.68. The molecule has 2 aromatic carbocycles. The standard InChI is InChI=1S/C27H37N3O5/c1-8-16-30(23(31)17-28-26(33)35-27(4,5)6)24(22-11-9-10-18(2)19(22)3)25(32)29-20-12-14-21(34-7)15-13-20/h9-15,24H,8,16-17H2,1-7H3,(H,28,33)(H,29,32). The number of benzene rings is 2. The van der Waals surface area contributed by atoms with Crippen molar-refractivity contribution in [1.82, 2.24) is 10.2 Å². The van der Waals surface area contributed by atoms with E-state index < -0.39 is 17.7 Å². The molecule has 0 aliphatic heterocycles. The monoisotopic (exact) mass is 483 g/mol. The Labute approximate surface area is 208 Å². The van der Waals surface area contributed by atoms with E-state index in [1.165, 1.54) is 4.90 Å². The van der Waals surface area contributed by atoms with Crippen LogP contribution in [-0.2, 0) is 14.3 Å². The minimum absolute atomic E-state index is 0.286. The first-order valence-corrected chi connectivity index (χ1v) is 11.7. The fraction of sp³-hybridized carbons (Fsp3) is 0.444. The summed E-state index contributed by atoms with van der Waals surface area (Å²) in [7, 11) is 1.57. The van der Waals surface area contributed by atoms with Gasteiger partial charge in [0.25, 0.3) is 5.91 Å². The SMILES string of the molecule is CCCN(C(=O)CNC(=O)OC(C)(C)C)C(C(=O)Nc1ccc(OC)cc1)c1cccc(C)c1C. The molecule has 0 aliphatic carbocycles. The van der Waals surface area contributed by atoms with Gasteiger partial charge in [-0.1, -0.05) is 25.1 Å². The van der Waals surface area contributed by atoms with Crippen molar-refractivity contribution >= 4 is 23.6 Å². The summed E-state index contributed by atoms with van der Waals surface area (Å²) >= 11 is 0. The molecule has 0 bridgehead atoms. The Morgan fingerprint density at radius 2 is 1.69 bits per heavy atom. The molecule has 190 valence electrons. The Bertz CT molecular complexity index is 1030. The molecular formula is C27H37N3O5. The zero-order chi connectivity index (χ0) is 26.2. The molecular weight excluding hydrogens is 446 g/mol. The maximum atomic E-state index is 13.6. The lowest BCUT2D eigenvalue weighted by Gasteiger charge is -2.32. The first-order valence-electron chi connectivity index (χ1n) is 11.7. The van der Waals surface area contributed by atoms with Crippen molar-refractivity contribution in [2.75, 3.05) is 25.5 Å². The van der Waals surface area contributed by atoms with E-state index in [-0.39, 0.29) is 18.4 Å². The van der Waals surface area contributed by atoms with Gasteiger partial charge in [-0.05, 0) is 82.0 Å². The number of amides is 3. The molecule has 8 heteroatoms. The highest BCUT2D eigenvalue weighted by Gasteiger charge is 2.32. The van der Waals surface area contributed by atoms with Gasteiger partial charge in [-0.2, -0.15) is 0 Å². The van der Waals surface area contributed by atoms with Gasteiger partial charge in [0, 0.05) is 12.2 Å². The van der Waals surface area contributed by atoms with Gasteiger partial charge < -0.3 is 25.0 Å². The zero-order valence-electron chi connectivity index (χ0n) is 21.7. The molecule has 1 unspecified atom stereocenters. The molecule has 0 aliphatic rings. The molecule has 3 amide bonds. The van der Waals surface area contributed by atoms with Crippen LogP contribution in [0.4, 0.5) is 10.5 Å². The van der Waals surface area contributed by atoms with Crippen LogP contribution in [0.1, 0.15) is 56.8 Å². The topological polar surface area (TPSA) is 97.0 Å². The van der Waals surface area contributed by atoms with Crippen LogP contribution >= 0.6 is 0 Å².